The fourth-order valence-electron chi connectivity index (χ4n) is 3.33. The summed E-state index contributed by atoms with van der Waals surface area (Å²) >= 11 is 1.34. The summed E-state index contributed by atoms with van der Waals surface area (Å²) in [6.45, 7) is 0.917. The van der Waals surface area contributed by atoms with Crippen LogP contribution in [0.1, 0.15) is 28.8 Å². The first-order valence-corrected chi connectivity index (χ1v) is 10.2. The van der Waals surface area contributed by atoms with Gasteiger partial charge in [0.1, 0.15) is 5.75 Å². The molecule has 30 heavy (non-hydrogen) atoms. The molecule has 2 heterocycles. The van der Waals surface area contributed by atoms with Crippen LogP contribution in [0.3, 0.4) is 0 Å². The highest BCUT2D eigenvalue weighted by molar-refractivity contribution is 7.22. The first kappa shape index (κ1) is 20.6. The summed E-state index contributed by atoms with van der Waals surface area (Å²) in [5.74, 6) is 0.240. The molecule has 0 saturated carbocycles. The Balaban J connectivity index is 1.68. The van der Waals surface area contributed by atoms with E-state index < -0.39 is 17.6 Å². The van der Waals surface area contributed by atoms with Crippen molar-refractivity contribution < 1.29 is 27.4 Å². The van der Waals surface area contributed by atoms with Crippen molar-refractivity contribution in [1.29, 1.82) is 0 Å². The highest BCUT2D eigenvalue weighted by Crippen LogP contribution is 2.33. The van der Waals surface area contributed by atoms with Gasteiger partial charge in [-0.2, -0.15) is 13.2 Å². The third kappa shape index (κ3) is 4.27. The van der Waals surface area contributed by atoms with Gasteiger partial charge in [0.2, 0.25) is 0 Å². The van der Waals surface area contributed by atoms with Crippen LogP contribution < -0.4 is 9.64 Å². The summed E-state index contributed by atoms with van der Waals surface area (Å²) in [6.07, 6.45) is -2.87. The van der Waals surface area contributed by atoms with Gasteiger partial charge in [0, 0.05) is 18.2 Å². The molecule has 1 atom stereocenters. The van der Waals surface area contributed by atoms with Crippen LogP contribution in [0.5, 0.6) is 5.75 Å². The van der Waals surface area contributed by atoms with Crippen molar-refractivity contribution >= 4 is 32.6 Å². The van der Waals surface area contributed by atoms with Crippen molar-refractivity contribution in [3.05, 3.63) is 53.6 Å². The zero-order chi connectivity index (χ0) is 21.3. The zero-order valence-electron chi connectivity index (χ0n) is 16.1. The number of rotatable bonds is 5. The summed E-state index contributed by atoms with van der Waals surface area (Å²) in [7, 11) is 1.56. The molecule has 0 bridgehead atoms. The van der Waals surface area contributed by atoms with Gasteiger partial charge in [-0.15, -0.1) is 0 Å². The van der Waals surface area contributed by atoms with E-state index in [0.717, 1.165) is 29.7 Å². The third-order valence-electron chi connectivity index (χ3n) is 4.93. The van der Waals surface area contributed by atoms with Crippen molar-refractivity contribution in [2.24, 2.45) is 0 Å². The minimum absolute atomic E-state index is 0.134. The van der Waals surface area contributed by atoms with Gasteiger partial charge >= 0.3 is 6.18 Å². The van der Waals surface area contributed by atoms with E-state index in [1.807, 2.05) is 12.1 Å². The molecule has 1 amide bonds. The van der Waals surface area contributed by atoms with E-state index in [0.29, 0.717) is 23.0 Å². The molecule has 1 fully saturated rings. The molecule has 0 aliphatic carbocycles. The Labute approximate surface area is 175 Å². The molecule has 0 N–H and O–H groups in total. The predicted octanol–water partition coefficient (Wildman–Crippen LogP) is 5.15. The number of hydrogen-bond donors (Lipinski definition) is 0. The van der Waals surface area contributed by atoms with Crippen LogP contribution in [-0.4, -0.2) is 37.3 Å². The lowest BCUT2D eigenvalue weighted by Crippen LogP contribution is -2.37. The number of anilines is 1. The molecule has 1 aliphatic rings. The summed E-state index contributed by atoms with van der Waals surface area (Å²) in [5, 5.41) is 0.471. The van der Waals surface area contributed by atoms with Gasteiger partial charge in [-0.1, -0.05) is 11.3 Å². The lowest BCUT2D eigenvalue weighted by molar-refractivity contribution is -0.137. The summed E-state index contributed by atoms with van der Waals surface area (Å²) < 4.78 is 50.4. The van der Waals surface area contributed by atoms with Crippen LogP contribution in [0.2, 0.25) is 0 Å². The normalized spacial score (nSPS) is 16.7. The van der Waals surface area contributed by atoms with Crippen molar-refractivity contribution in [3.63, 3.8) is 0 Å². The fourth-order valence-corrected chi connectivity index (χ4v) is 4.29. The molecule has 0 spiro atoms. The number of amides is 1. The van der Waals surface area contributed by atoms with E-state index in [-0.39, 0.29) is 18.2 Å². The summed E-state index contributed by atoms with van der Waals surface area (Å²) in [6, 6.07) is 9.69. The molecular weight excluding hydrogens is 417 g/mol. The lowest BCUT2D eigenvalue weighted by atomic mass is 10.1. The van der Waals surface area contributed by atoms with Gasteiger partial charge < -0.3 is 9.47 Å². The van der Waals surface area contributed by atoms with E-state index in [9.17, 15) is 18.0 Å². The number of alkyl halides is 3. The number of halogens is 3. The van der Waals surface area contributed by atoms with Crippen molar-refractivity contribution in [1.82, 2.24) is 4.98 Å². The second-order valence-corrected chi connectivity index (χ2v) is 7.97. The van der Waals surface area contributed by atoms with Crippen LogP contribution in [0, 0.1) is 0 Å². The molecule has 1 unspecified atom stereocenters. The predicted molar refractivity (Wildman–Crippen MR) is 108 cm³/mol. The number of methoxy groups -OCH3 is 1. The highest BCUT2D eigenvalue weighted by atomic mass is 32.1. The quantitative estimate of drug-likeness (QED) is 0.555. The molecule has 2 aromatic carbocycles. The van der Waals surface area contributed by atoms with Crippen LogP contribution >= 0.6 is 11.3 Å². The molecular formula is C21H19F3N2O3S. The number of nitrogens with zero attached hydrogens (tertiary/aromatic N) is 2. The van der Waals surface area contributed by atoms with Crippen LogP contribution in [-0.2, 0) is 10.9 Å². The monoisotopic (exact) mass is 436 g/mol. The van der Waals surface area contributed by atoms with E-state index in [1.54, 1.807) is 13.2 Å². The summed E-state index contributed by atoms with van der Waals surface area (Å²) in [4.78, 5) is 19.3. The van der Waals surface area contributed by atoms with Crippen LogP contribution in [0.25, 0.3) is 10.2 Å². The molecule has 1 aliphatic heterocycles. The Morgan fingerprint density at radius 3 is 2.67 bits per heavy atom. The van der Waals surface area contributed by atoms with E-state index in [1.165, 1.54) is 28.4 Å². The molecule has 0 radical (unpaired) electrons. The molecule has 1 saturated heterocycles. The van der Waals surface area contributed by atoms with Crippen molar-refractivity contribution in [3.8, 4) is 5.75 Å². The zero-order valence-corrected chi connectivity index (χ0v) is 16.9. The Morgan fingerprint density at radius 2 is 2.03 bits per heavy atom. The van der Waals surface area contributed by atoms with Gasteiger partial charge in [0.05, 0.1) is 35.5 Å². The van der Waals surface area contributed by atoms with Crippen molar-refractivity contribution in [2.75, 3.05) is 25.2 Å². The minimum atomic E-state index is -4.45. The number of ether oxygens (including phenoxy) is 2. The van der Waals surface area contributed by atoms with Crippen LogP contribution in [0.15, 0.2) is 42.5 Å². The number of carbonyl (C=O) groups is 1. The maximum atomic E-state index is 13.2. The van der Waals surface area contributed by atoms with Gasteiger partial charge in [0.25, 0.3) is 5.91 Å². The highest BCUT2D eigenvalue weighted by Gasteiger charge is 2.31. The smallest absolute Gasteiger partial charge is 0.416 e. The molecule has 4 rings (SSSR count). The molecule has 1 aromatic heterocycles. The lowest BCUT2D eigenvalue weighted by Gasteiger charge is -2.23. The Hall–Kier alpha value is -2.65. The van der Waals surface area contributed by atoms with E-state index in [4.69, 9.17) is 9.47 Å². The van der Waals surface area contributed by atoms with E-state index in [2.05, 4.69) is 4.98 Å². The number of carbonyl (C=O) groups excluding carboxylic acids is 1. The average molecular weight is 436 g/mol. The van der Waals surface area contributed by atoms with Gasteiger partial charge in [-0.05, 0) is 49.2 Å². The van der Waals surface area contributed by atoms with E-state index >= 15 is 0 Å². The second kappa shape index (κ2) is 8.23. The fraction of sp³-hybridized carbons (Fsp3) is 0.333. The van der Waals surface area contributed by atoms with Gasteiger partial charge in [-0.25, -0.2) is 4.98 Å². The average Bonchev–Trinajstić information content (AvgIpc) is 3.39. The maximum Gasteiger partial charge on any atom is 0.416 e. The Bertz CT molecular complexity index is 1040. The third-order valence-corrected chi connectivity index (χ3v) is 5.99. The number of aromatic nitrogens is 1. The number of thiazole rings is 1. The maximum absolute atomic E-state index is 13.2. The standard InChI is InChI=1S/C21H19F3N2O3S/c1-28-15-8-9-18-17(11-15)25-20(30-18)26(12-16-3-2-10-29-16)19(27)13-4-6-14(7-5-13)21(22,23)24/h4-9,11,16H,2-3,10,12H2,1H3. The molecule has 9 heteroatoms. The molecule has 3 aromatic rings. The second-order valence-electron chi connectivity index (χ2n) is 6.96. The molecule has 5 nitrogen and oxygen atoms in total. The minimum Gasteiger partial charge on any atom is -0.497 e. The Kier molecular flexibility index (Phi) is 5.66. The largest absolute Gasteiger partial charge is 0.497 e. The Morgan fingerprint density at radius 1 is 1.27 bits per heavy atom. The van der Waals surface area contributed by atoms with Gasteiger partial charge in [-0.3, -0.25) is 9.69 Å². The van der Waals surface area contributed by atoms with Gasteiger partial charge in [0.15, 0.2) is 5.13 Å². The summed E-state index contributed by atoms with van der Waals surface area (Å²) in [5.41, 5.74) is 0.0570. The number of fused-ring (bicyclic) bond motifs is 1. The topological polar surface area (TPSA) is 51.7 Å². The molecule has 158 valence electrons. The van der Waals surface area contributed by atoms with Crippen LogP contribution in [0.4, 0.5) is 18.3 Å². The number of benzene rings is 2. The first-order valence-electron chi connectivity index (χ1n) is 9.40. The number of hydrogen-bond acceptors (Lipinski definition) is 5. The first-order chi connectivity index (χ1) is 14.3. The van der Waals surface area contributed by atoms with Crippen molar-refractivity contribution in [2.45, 2.75) is 25.1 Å². The SMILES string of the molecule is COc1ccc2sc(N(CC3CCCO3)C(=O)c3ccc(C(F)(F)F)cc3)nc2c1.